The molecule has 0 spiro atoms. The van der Waals surface area contributed by atoms with Gasteiger partial charge in [-0.1, -0.05) is 30.3 Å². The van der Waals surface area contributed by atoms with Gasteiger partial charge in [0.2, 0.25) is 0 Å². The predicted octanol–water partition coefficient (Wildman–Crippen LogP) is 2.19. The van der Waals surface area contributed by atoms with Crippen LogP contribution in [0, 0.1) is 5.92 Å². The average molecular weight is 311 g/mol. The van der Waals surface area contributed by atoms with Crippen LogP contribution in [0.15, 0.2) is 46.4 Å². The Kier molecular flexibility index (Phi) is 4.06. The number of aliphatic imine (C=N–C) groups is 1. The van der Waals surface area contributed by atoms with Crippen LogP contribution >= 0.6 is 0 Å². The summed E-state index contributed by atoms with van der Waals surface area (Å²) in [7, 11) is 0. The van der Waals surface area contributed by atoms with Crippen molar-refractivity contribution in [2.24, 2.45) is 10.9 Å². The molecule has 0 amide bonds. The third-order valence-corrected chi connectivity index (χ3v) is 3.94. The van der Waals surface area contributed by atoms with Crippen molar-refractivity contribution in [1.82, 2.24) is 9.97 Å². The SMILES string of the molecule is CCOC(=O)C1C(C)=Nc2nc[nH]c(=O)c2C1c1ccccc1. The maximum absolute atomic E-state index is 12.5. The van der Waals surface area contributed by atoms with Crippen molar-refractivity contribution >= 4 is 17.5 Å². The molecule has 2 atom stereocenters. The highest BCUT2D eigenvalue weighted by atomic mass is 16.5. The Labute approximate surface area is 133 Å². The minimum absolute atomic E-state index is 0.278. The summed E-state index contributed by atoms with van der Waals surface area (Å²) in [6.45, 7) is 3.80. The fraction of sp³-hybridized carbons (Fsp3) is 0.294. The van der Waals surface area contributed by atoms with Gasteiger partial charge in [0.05, 0.1) is 18.5 Å². The van der Waals surface area contributed by atoms with Crippen LogP contribution in [0.3, 0.4) is 0 Å². The Balaban J connectivity index is 2.22. The van der Waals surface area contributed by atoms with Crippen LogP contribution in [-0.2, 0) is 9.53 Å². The zero-order valence-corrected chi connectivity index (χ0v) is 12.9. The Morgan fingerprint density at radius 1 is 1.30 bits per heavy atom. The first-order valence-electron chi connectivity index (χ1n) is 7.47. The quantitative estimate of drug-likeness (QED) is 0.881. The first-order valence-corrected chi connectivity index (χ1v) is 7.47. The molecule has 0 aliphatic carbocycles. The van der Waals surface area contributed by atoms with E-state index in [0.29, 0.717) is 17.1 Å². The van der Waals surface area contributed by atoms with Gasteiger partial charge in [-0.05, 0) is 19.4 Å². The van der Waals surface area contributed by atoms with Crippen LogP contribution in [0.25, 0.3) is 0 Å². The molecule has 23 heavy (non-hydrogen) atoms. The number of aromatic nitrogens is 2. The van der Waals surface area contributed by atoms with E-state index in [1.54, 1.807) is 13.8 Å². The van der Waals surface area contributed by atoms with Crippen molar-refractivity contribution in [2.45, 2.75) is 19.8 Å². The maximum Gasteiger partial charge on any atom is 0.315 e. The number of aromatic amines is 1. The number of H-pyrrole nitrogens is 1. The minimum atomic E-state index is -0.629. The van der Waals surface area contributed by atoms with Gasteiger partial charge in [-0.15, -0.1) is 0 Å². The topological polar surface area (TPSA) is 84.4 Å². The molecule has 0 fully saturated rings. The molecule has 1 aromatic heterocycles. The molecule has 2 aromatic rings. The fourth-order valence-corrected chi connectivity index (χ4v) is 2.97. The van der Waals surface area contributed by atoms with E-state index in [2.05, 4.69) is 15.0 Å². The monoisotopic (exact) mass is 311 g/mol. The first-order chi connectivity index (χ1) is 11.1. The summed E-state index contributed by atoms with van der Waals surface area (Å²) in [5.41, 5.74) is 1.58. The Morgan fingerprint density at radius 2 is 2.04 bits per heavy atom. The lowest BCUT2D eigenvalue weighted by Crippen LogP contribution is -2.36. The van der Waals surface area contributed by atoms with E-state index < -0.39 is 11.8 Å². The van der Waals surface area contributed by atoms with Crippen molar-refractivity contribution < 1.29 is 9.53 Å². The maximum atomic E-state index is 12.5. The van der Waals surface area contributed by atoms with E-state index in [1.807, 2.05) is 30.3 Å². The molecule has 0 saturated carbocycles. The molecule has 1 aliphatic heterocycles. The van der Waals surface area contributed by atoms with Crippen LogP contribution in [0.4, 0.5) is 5.82 Å². The highest BCUT2D eigenvalue weighted by molar-refractivity contribution is 6.04. The number of carbonyl (C=O) groups excluding carboxylic acids is 1. The number of esters is 1. The predicted molar refractivity (Wildman–Crippen MR) is 86.0 cm³/mol. The summed E-state index contributed by atoms with van der Waals surface area (Å²) < 4.78 is 5.21. The number of rotatable bonds is 3. The van der Waals surface area contributed by atoms with Gasteiger partial charge in [0.25, 0.3) is 5.56 Å². The smallest absolute Gasteiger partial charge is 0.315 e. The van der Waals surface area contributed by atoms with Crippen molar-refractivity contribution in [1.29, 1.82) is 0 Å². The van der Waals surface area contributed by atoms with Gasteiger partial charge in [-0.3, -0.25) is 9.59 Å². The van der Waals surface area contributed by atoms with Crippen molar-refractivity contribution in [3.05, 3.63) is 58.1 Å². The van der Waals surface area contributed by atoms with Gasteiger partial charge in [0.15, 0.2) is 5.82 Å². The molecule has 6 heteroatoms. The summed E-state index contributed by atoms with van der Waals surface area (Å²) >= 11 is 0. The summed E-state index contributed by atoms with van der Waals surface area (Å²) in [5.74, 6) is -1.10. The standard InChI is InChI=1S/C17H17N3O3/c1-3-23-17(22)12-10(2)20-15-14(16(21)19-9-18-15)13(12)11-7-5-4-6-8-11/h4-9,12-13H,3H2,1-2H3,(H,18,19,21). The molecule has 0 saturated heterocycles. The lowest BCUT2D eigenvalue weighted by Gasteiger charge is -2.29. The number of hydrogen-bond acceptors (Lipinski definition) is 5. The molecule has 118 valence electrons. The van der Waals surface area contributed by atoms with Crippen LogP contribution in [0.5, 0.6) is 0 Å². The number of hydrogen-bond donors (Lipinski definition) is 1. The van der Waals surface area contributed by atoms with Gasteiger partial charge in [-0.25, -0.2) is 9.98 Å². The van der Waals surface area contributed by atoms with Crippen LogP contribution in [0.1, 0.15) is 30.9 Å². The molecule has 1 aromatic carbocycles. The summed E-state index contributed by atoms with van der Waals surface area (Å²) in [6, 6.07) is 9.43. The Morgan fingerprint density at radius 3 is 2.74 bits per heavy atom. The fourth-order valence-electron chi connectivity index (χ4n) is 2.97. The molecule has 2 heterocycles. The number of nitrogens with one attached hydrogen (secondary N) is 1. The summed E-state index contributed by atoms with van der Waals surface area (Å²) in [4.78, 5) is 35.9. The molecule has 0 radical (unpaired) electrons. The first kappa shape index (κ1) is 15.1. The Bertz CT molecular complexity index is 811. The molecule has 3 rings (SSSR count). The molecule has 0 bridgehead atoms. The second-order valence-electron chi connectivity index (χ2n) is 5.34. The number of benzene rings is 1. The lowest BCUT2D eigenvalue weighted by atomic mass is 9.77. The van der Waals surface area contributed by atoms with E-state index in [9.17, 15) is 9.59 Å². The van der Waals surface area contributed by atoms with Crippen LogP contribution in [0.2, 0.25) is 0 Å². The summed E-state index contributed by atoms with van der Waals surface area (Å²) in [5, 5.41) is 0. The molecular weight excluding hydrogens is 294 g/mol. The van der Waals surface area contributed by atoms with Gasteiger partial charge >= 0.3 is 5.97 Å². The Hall–Kier alpha value is -2.76. The number of fused-ring (bicyclic) bond motifs is 1. The van der Waals surface area contributed by atoms with E-state index >= 15 is 0 Å². The van der Waals surface area contributed by atoms with Gasteiger partial charge < -0.3 is 9.72 Å². The number of nitrogens with zero attached hydrogens (tertiary/aromatic N) is 2. The van der Waals surface area contributed by atoms with Crippen LogP contribution < -0.4 is 5.56 Å². The third kappa shape index (κ3) is 2.67. The van der Waals surface area contributed by atoms with Gasteiger partial charge in [-0.2, -0.15) is 0 Å². The average Bonchev–Trinajstić information content (AvgIpc) is 2.54. The van der Waals surface area contributed by atoms with E-state index in [4.69, 9.17) is 4.74 Å². The highest BCUT2D eigenvalue weighted by Crippen LogP contribution is 2.39. The zero-order chi connectivity index (χ0) is 16.4. The van der Waals surface area contributed by atoms with Gasteiger partial charge in [0.1, 0.15) is 5.92 Å². The largest absolute Gasteiger partial charge is 0.465 e. The minimum Gasteiger partial charge on any atom is -0.465 e. The molecule has 2 unspecified atom stereocenters. The second kappa shape index (κ2) is 6.16. The molecule has 1 N–H and O–H groups in total. The molecular formula is C17H17N3O3. The molecule has 6 nitrogen and oxygen atoms in total. The number of carbonyl (C=O) groups is 1. The second-order valence-corrected chi connectivity index (χ2v) is 5.34. The highest BCUT2D eigenvalue weighted by Gasteiger charge is 2.40. The van der Waals surface area contributed by atoms with Crippen molar-refractivity contribution in [2.75, 3.05) is 6.61 Å². The van der Waals surface area contributed by atoms with Crippen molar-refractivity contribution in [3.63, 3.8) is 0 Å². The lowest BCUT2D eigenvalue weighted by molar-refractivity contribution is -0.146. The van der Waals surface area contributed by atoms with E-state index in [-0.39, 0.29) is 18.1 Å². The number of ether oxygens (including phenoxy) is 1. The summed E-state index contributed by atoms with van der Waals surface area (Å²) in [6.07, 6.45) is 1.32. The third-order valence-electron chi connectivity index (χ3n) is 3.94. The van der Waals surface area contributed by atoms with Crippen LogP contribution in [-0.4, -0.2) is 28.3 Å². The zero-order valence-electron chi connectivity index (χ0n) is 12.9. The van der Waals surface area contributed by atoms with E-state index in [1.165, 1.54) is 6.33 Å². The van der Waals surface area contributed by atoms with E-state index in [0.717, 1.165) is 5.56 Å². The van der Waals surface area contributed by atoms with Crippen molar-refractivity contribution in [3.8, 4) is 0 Å². The molecule has 1 aliphatic rings. The normalized spacial score (nSPS) is 19.7. The van der Waals surface area contributed by atoms with Gasteiger partial charge in [0, 0.05) is 11.6 Å².